The van der Waals surface area contributed by atoms with E-state index in [4.69, 9.17) is 0 Å². The summed E-state index contributed by atoms with van der Waals surface area (Å²) in [7, 11) is 0. The summed E-state index contributed by atoms with van der Waals surface area (Å²) in [5.41, 5.74) is 0.664. The molecule has 1 aliphatic rings. The molecule has 1 fully saturated rings. The van der Waals surface area contributed by atoms with Crippen LogP contribution in [0.1, 0.15) is 34.5 Å². The first-order valence-corrected chi connectivity index (χ1v) is 9.26. The van der Waals surface area contributed by atoms with Gasteiger partial charge in [-0.1, -0.05) is 53.7 Å². The molecule has 1 saturated heterocycles. The van der Waals surface area contributed by atoms with Gasteiger partial charge in [-0.15, -0.1) is 5.10 Å². The lowest BCUT2D eigenvalue weighted by Crippen LogP contribution is -2.45. The predicted molar refractivity (Wildman–Crippen MR) is 101 cm³/mol. The number of aromatic nitrogens is 3. The topological polar surface area (TPSA) is 71.2 Å². The Morgan fingerprint density at radius 1 is 1.07 bits per heavy atom. The van der Waals surface area contributed by atoms with Gasteiger partial charge in [0.25, 0.3) is 5.91 Å². The minimum absolute atomic E-state index is 0.209. The van der Waals surface area contributed by atoms with Crippen molar-refractivity contribution in [1.82, 2.24) is 19.9 Å². The Bertz CT molecular complexity index is 965. The quantitative estimate of drug-likeness (QED) is 0.755. The number of carbonyl (C=O) groups excluding carboxylic acids is 1. The Hall–Kier alpha value is -3.06. The maximum atomic E-state index is 13.8. The highest BCUT2D eigenvalue weighted by Gasteiger charge is 2.36. The normalized spacial score (nSPS) is 16.1. The zero-order valence-corrected chi connectivity index (χ0v) is 15.3. The van der Waals surface area contributed by atoms with Gasteiger partial charge in [0, 0.05) is 18.7 Å². The van der Waals surface area contributed by atoms with Crippen molar-refractivity contribution in [3.05, 3.63) is 83.4 Å². The summed E-state index contributed by atoms with van der Waals surface area (Å²) in [4.78, 5) is 14.4. The van der Waals surface area contributed by atoms with Gasteiger partial charge in [-0.3, -0.25) is 4.79 Å². The number of benzene rings is 2. The molecule has 3 aromatic rings. The summed E-state index contributed by atoms with van der Waals surface area (Å²) in [6, 6.07) is 16.0. The Morgan fingerprint density at radius 3 is 2.46 bits per heavy atom. The van der Waals surface area contributed by atoms with E-state index in [1.807, 2.05) is 30.3 Å². The fourth-order valence-corrected chi connectivity index (χ4v) is 3.55. The van der Waals surface area contributed by atoms with E-state index in [2.05, 4.69) is 10.3 Å². The molecule has 1 N–H and O–H groups in total. The third-order valence-corrected chi connectivity index (χ3v) is 5.24. The molecule has 0 unspecified atom stereocenters. The van der Waals surface area contributed by atoms with Gasteiger partial charge in [-0.05, 0) is 24.5 Å². The Kier molecular flexibility index (Phi) is 4.92. The average molecular weight is 380 g/mol. The fourth-order valence-electron chi connectivity index (χ4n) is 3.55. The van der Waals surface area contributed by atoms with E-state index in [0.717, 1.165) is 5.56 Å². The van der Waals surface area contributed by atoms with E-state index in [1.54, 1.807) is 23.1 Å². The van der Waals surface area contributed by atoms with Gasteiger partial charge < -0.3 is 10.0 Å². The minimum atomic E-state index is -0.916. The molecule has 6 nitrogen and oxygen atoms in total. The molecule has 28 heavy (non-hydrogen) atoms. The molecule has 0 atom stereocenters. The molecule has 1 aliphatic heterocycles. The van der Waals surface area contributed by atoms with Crippen molar-refractivity contribution in [2.45, 2.75) is 25.0 Å². The van der Waals surface area contributed by atoms with Gasteiger partial charge in [0.15, 0.2) is 5.69 Å². The molecular weight excluding hydrogens is 359 g/mol. The van der Waals surface area contributed by atoms with E-state index in [-0.39, 0.29) is 24.0 Å². The maximum absolute atomic E-state index is 13.8. The predicted octanol–water partition coefficient (Wildman–Crippen LogP) is 2.59. The van der Waals surface area contributed by atoms with Crippen LogP contribution in [0.3, 0.4) is 0 Å². The summed E-state index contributed by atoms with van der Waals surface area (Å²) >= 11 is 0. The number of likely N-dealkylation sites (tertiary alicyclic amines) is 1. The lowest BCUT2D eigenvalue weighted by molar-refractivity contribution is -0.0212. The molecule has 0 aliphatic carbocycles. The highest BCUT2D eigenvalue weighted by molar-refractivity contribution is 5.92. The van der Waals surface area contributed by atoms with E-state index >= 15 is 0 Å². The molecule has 0 radical (unpaired) electrons. The first kappa shape index (κ1) is 18.3. The monoisotopic (exact) mass is 380 g/mol. The number of piperidine rings is 1. The van der Waals surface area contributed by atoms with Crippen LogP contribution in [0, 0.1) is 5.82 Å². The number of carbonyl (C=O) groups is 1. The number of aliphatic hydroxyl groups is 1. The summed E-state index contributed by atoms with van der Waals surface area (Å²) in [5, 5.41) is 18.8. The van der Waals surface area contributed by atoms with Gasteiger partial charge in [-0.25, -0.2) is 9.07 Å². The number of amides is 1. The van der Waals surface area contributed by atoms with Crippen LogP contribution < -0.4 is 0 Å². The van der Waals surface area contributed by atoms with Crippen LogP contribution in [0.2, 0.25) is 0 Å². The molecule has 2 heterocycles. The summed E-state index contributed by atoms with van der Waals surface area (Å²) in [5.74, 6) is -0.544. The molecule has 1 aromatic heterocycles. The molecule has 0 spiro atoms. The molecule has 2 aromatic carbocycles. The minimum Gasteiger partial charge on any atom is -0.385 e. The fraction of sp³-hybridized carbons (Fsp3) is 0.286. The number of hydrogen-bond donors (Lipinski definition) is 1. The van der Waals surface area contributed by atoms with Crippen molar-refractivity contribution < 1.29 is 14.3 Å². The smallest absolute Gasteiger partial charge is 0.276 e. The second-order valence-corrected chi connectivity index (χ2v) is 7.08. The largest absolute Gasteiger partial charge is 0.385 e. The average Bonchev–Trinajstić information content (AvgIpc) is 3.19. The van der Waals surface area contributed by atoms with Crippen LogP contribution in [-0.4, -0.2) is 44.0 Å². The van der Waals surface area contributed by atoms with E-state index in [1.165, 1.54) is 16.9 Å². The van der Waals surface area contributed by atoms with Crippen LogP contribution >= 0.6 is 0 Å². The number of nitrogens with zero attached hydrogens (tertiary/aromatic N) is 4. The van der Waals surface area contributed by atoms with Crippen LogP contribution in [0.4, 0.5) is 4.39 Å². The summed E-state index contributed by atoms with van der Waals surface area (Å²) in [6.45, 7) is 1.08. The van der Waals surface area contributed by atoms with Crippen LogP contribution in [0.25, 0.3) is 0 Å². The highest BCUT2D eigenvalue weighted by atomic mass is 19.1. The standard InChI is InChI=1S/C21H21FN4O2/c22-18-9-5-4-6-16(18)14-26-15-19(23-24-26)20(27)25-12-10-21(28,11-13-25)17-7-2-1-3-8-17/h1-9,15,28H,10-14H2. The van der Waals surface area contributed by atoms with Crippen molar-refractivity contribution in [2.24, 2.45) is 0 Å². The van der Waals surface area contributed by atoms with Crippen LogP contribution in [-0.2, 0) is 12.1 Å². The summed E-state index contributed by atoms with van der Waals surface area (Å²) < 4.78 is 15.2. The van der Waals surface area contributed by atoms with Crippen LogP contribution in [0.5, 0.6) is 0 Å². The Balaban J connectivity index is 1.41. The molecule has 0 bridgehead atoms. The van der Waals surface area contributed by atoms with Crippen molar-refractivity contribution in [3.8, 4) is 0 Å². The van der Waals surface area contributed by atoms with Crippen molar-refractivity contribution in [3.63, 3.8) is 0 Å². The lowest BCUT2D eigenvalue weighted by Gasteiger charge is -2.38. The first-order valence-electron chi connectivity index (χ1n) is 9.26. The SMILES string of the molecule is O=C(c1cn(Cc2ccccc2F)nn1)N1CCC(O)(c2ccccc2)CC1. The van der Waals surface area contributed by atoms with Crippen molar-refractivity contribution >= 4 is 5.91 Å². The molecule has 1 amide bonds. The number of rotatable bonds is 4. The second kappa shape index (κ2) is 7.52. The van der Waals surface area contributed by atoms with Gasteiger partial charge >= 0.3 is 0 Å². The number of halogens is 1. The van der Waals surface area contributed by atoms with Crippen molar-refractivity contribution in [1.29, 1.82) is 0 Å². The van der Waals surface area contributed by atoms with Crippen molar-refractivity contribution in [2.75, 3.05) is 13.1 Å². The Morgan fingerprint density at radius 2 is 1.75 bits per heavy atom. The molecule has 144 valence electrons. The van der Waals surface area contributed by atoms with Gasteiger partial charge in [0.05, 0.1) is 18.3 Å². The van der Waals surface area contributed by atoms with E-state index in [0.29, 0.717) is 31.5 Å². The second-order valence-electron chi connectivity index (χ2n) is 7.08. The van der Waals surface area contributed by atoms with E-state index in [9.17, 15) is 14.3 Å². The molecule has 4 rings (SSSR count). The summed E-state index contributed by atoms with van der Waals surface area (Å²) in [6.07, 6.45) is 2.46. The highest BCUT2D eigenvalue weighted by Crippen LogP contribution is 2.32. The third kappa shape index (κ3) is 3.66. The van der Waals surface area contributed by atoms with Gasteiger partial charge in [-0.2, -0.15) is 0 Å². The first-order chi connectivity index (χ1) is 13.5. The molecule has 0 saturated carbocycles. The Labute approximate surface area is 162 Å². The van der Waals surface area contributed by atoms with Crippen LogP contribution in [0.15, 0.2) is 60.8 Å². The number of hydrogen-bond acceptors (Lipinski definition) is 4. The zero-order valence-electron chi connectivity index (χ0n) is 15.3. The zero-order chi connectivity index (χ0) is 19.6. The van der Waals surface area contributed by atoms with Gasteiger partial charge in [0.2, 0.25) is 0 Å². The third-order valence-electron chi connectivity index (χ3n) is 5.24. The maximum Gasteiger partial charge on any atom is 0.276 e. The lowest BCUT2D eigenvalue weighted by atomic mass is 9.84. The molecular formula is C21H21FN4O2. The molecule has 7 heteroatoms. The van der Waals surface area contributed by atoms with E-state index < -0.39 is 5.60 Å². The van der Waals surface area contributed by atoms with Gasteiger partial charge in [0.1, 0.15) is 5.82 Å².